The van der Waals surface area contributed by atoms with Crippen LogP contribution in [-0.4, -0.2) is 46.5 Å². The van der Waals surface area contributed by atoms with Crippen LogP contribution in [0.2, 0.25) is 0 Å². The molecule has 0 radical (unpaired) electrons. The van der Waals surface area contributed by atoms with Crippen molar-refractivity contribution in [1.82, 2.24) is 14.9 Å². The summed E-state index contributed by atoms with van der Waals surface area (Å²) in [7, 11) is 1.62. The lowest BCUT2D eigenvalue weighted by atomic mass is 9.92. The lowest BCUT2D eigenvalue weighted by Gasteiger charge is -2.35. The Morgan fingerprint density at radius 1 is 1.11 bits per heavy atom. The summed E-state index contributed by atoms with van der Waals surface area (Å²) in [6.45, 7) is 4.79. The van der Waals surface area contributed by atoms with E-state index in [1.54, 1.807) is 33.4 Å². The van der Waals surface area contributed by atoms with Crippen molar-refractivity contribution in [2.75, 3.05) is 20.2 Å². The molecule has 1 aliphatic heterocycles. The summed E-state index contributed by atoms with van der Waals surface area (Å²) in [5.74, 6) is 2.12. The van der Waals surface area contributed by atoms with Crippen molar-refractivity contribution in [3.05, 3.63) is 42.4 Å². The van der Waals surface area contributed by atoms with Crippen LogP contribution in [-0.2, 0) is 4.79 Å². The molecular weight excluding hydrogens is 344 g/mol. The van der Waals surface area contributed by atoms with Crippen LogP contribution in [0.4, 0.5) is 0 Å². The summed E-state index contributed by atoms with van der Waals surface area (Å²) in [5, 5.41) is 0. The molecule has 144 valence electrons. The minimum absolute atomic E-state index is 0.0187. The third kappa shape index (κ3) is 4.54. The number of rotatable bonds is 5. The largest absolute Gasteiger partial charge is 0.497 e. The van der Waals surface area contributed by atoms with Crippen molar-refractivity contribution >= 4 is 5.91 Å². The fourth-order valence-corrected chi connectivity index (χ4v) is 3.21. The Morgan fingerprint density at radius 3 is 2.30 bits per heavy atom. The number of benzene rings is 1. The van der Waals surface area contributed by atoms with Gasteiger partial charge in [-0.2, -0.15) is 0 Å². The first-order valence-corrected chi connectivity index (χ1v) is 9.09. The van der Waals surface area contributed by atoms with E-state index in [1.165, 1.54) is 0 Å². The normalized spacial score (nSPS) is 15.5. The number of piperidine rings is 1. The smallest absolute Gasteiger partial charge is 0.242 e. The van der Waals surface area contributed by atoms with Crippen LogP contribution >= 0.6 is 0 Å². The Hall–Kier alpha value is -2.67. The fraction of sp³-hybridized carbons (Fsp3) is 0.450. The molecule has 1 aromatic carbocycles. The number of ether oxygens (including phenoxy) is 2. The fourth-order valence-electron chi connectivity index (χ4n) is 3.21. The molecule has 7 nitrogen and oxygen atoms in total. The maximum absolute atomic E-state index is 12.4. The Morgan fingerprint density at radius 2 is 1.70 bits per heavy atom. The lowest BCUT2D eigenvalue weighted by Crippen LogP contribution is -2.53. The third-order valence-corrected chi connectivity index (χ3v) is 4.69. The maximum Gasteiger partial charge on any atom is 0.242 e. The van der Waals surface area contributed by atoms with E-state index in [2.05, 4.69) is 9.97 Å². The molecule has 2 N–H and O–H groups in total. The number of nitrogens with two attached hydrogens (primary N) is 1. The molecule has 0 atom stereocenters. The monoisotopic (exact) mass is 370 g/mol. The van der Waals surface area contributed by atoms with E-state index in [0.29, 0.717) is 24.7 Å². The zero-order valence-corrected chi connectivity index (χ0v) is 16.0. The van der Waals surface area contributed by atoms with Crippen molar-refractivity contribution in [3.63, 3.8) is 0 Å². The Bertz CT molecular complexity index is 779. The van der Waals surface area contributed by atoms with Gasteiger partial charge in [0.1, 0.15) is 17.2 Å². The summed E-state index contributed by atoms with van der Waals surface area (Å²) < 4.78 is 11.1. The molecule has 0 bridgehead atoms. The van der Waals surface area contributed by atoms with Crippen LogP contribution in [0.25, 0.3) is 0 Å². The van der Waals surface area contributed by atoms with Gasteiger partial charge >= 0.3 is 0 Å². The zero-order chi connectivity index (χ0) is 19.4. The molecule has 27 heavy (non-hydrogen) atoms. The van der Waals surface area contributed by atoms with Crippen molar-refractivity contribution in [3.8, 4) is 17.4 Å². The Labute approximate surface area is 159 Å². The van der Waals surface area contributed by atoms with Gasteiger partial charge in [0.15, 0.2) is 0 Å². The highest BCUT2D eigenvalue weighted by atomic mass is 16.5. The molecule has 2 aromatic rings. The van der Waals surface area contributed by atoms with Gasteiger partial charge in [0.25, 0.3) is 0 Å². The Kier molecular flexibility index (Phi) is 5.60. The third-order valence-electron chi connectivity index (χ3n) is 4.69. The molecule has 1 saturated heterocycles. The second-order valence-electron chi connectivity index (χ2n) is 7.31. The number of hydrogen-bond acceptors (Lipinski definition) is 6. The summed E-state index contributed by atoms with van der Waals surface area (Å²) in [6, 6.07) is 7.35. The molecule has 0 saturated carbocycles. The van der Waals surface area contributed by atoms with Crippen molar-refractivity contribution in [2.24, 2.45) is 5.73 Å². The van der Waals surface area contributed by atoms with Gasteiger partial charge in [-0.1, -0.05) is 0 Å². The predicted molar refractivity (Wildman–Crippen MR) is 102 cm³/mol. The second kappa shape index (κ2) is 7.92. The summed E-state index contributed by atoms with van der Waals surface area (Å²) in [6.07, 6.45) is 4.91. The van der Waals surface area contributed by atoms with Crippen molar-refractivity contribution in [2.45, 2.75) is 38.1 Å². The Balaban J connectivity index is 1.70. The van der Waals surface area contributed by atoms with Crippen molar-refractivity contribution < 1.29 is 14.3 Å². The van der Waals surface area contributed by atoms with E-state index in [-0.39, 0.29) is 11.8 Å². The van der Waals surface area contributed by atoms with Gasteiger partial charge in [-0.15, -0.1) is 0 Å². The van der Waals surface area contributed by atoms with E-state index < -0.39 is 5.54 Å². The van der Waals surface area contributed by atoms with Crippen LogP contribution in [0.3, 0.4) is 0 Å². The van der Waals surface area contributed by atoms with Gasteiger partial charge in [-0.25, -0.2) is 4.98 Å². The van der Waals surface area contributed by atoms with Crippen LogP contribution in [0.1, 0.15) is 38.3 Å². The number of carbonyl (C=O) groups is 1. The number of aromatic nitrogens is 2. The van der Waals surface area contributed by atoms with E-state index in [9.17, 15) is 4.79 Å². The standard InChI is InChI=1S/C20H26N4O3/c1-20(2,21)19(25)24-12-8-14(9-13-24)17-18(23-11-10-22-17)27-16-6-4-15(26-3)5-7-16/h4-7,10-11,14H,8-9,12-13,21H2,1-3H3. The summed E-state index contributed by atoms with van der Waals surface area (Å²) >= 11 is 0. The minimum Gasteiger partial charge on any atom is -0.497 e. The van der Waals surface area contributed by atoms with Gasteiger partial charge in [-0.05, 0) is 51.0 Å². The average molecular weight is 370 g/mol. The molecular formula is C20H26N4O3. The van der Waals surface area contributed by atoms with Crippen LogP contribution in [0, 0.1) is 0 Å². The first-order chi connectivity index (χ1) is 12.9. The van der Waals surface area contributed by atoms with Crippen LogP contribution < -0.4 is 15.2 Å². The molecule has 1 amide bonds. The first kappa shape index (κ1) is 19.1. The average Bonchev–Trinajstić information content (AvgIpc) is 2.68. The number of carbonyl (C=O) groups excluding carboxylic acids is 1. The second-order valence-corrected chi connectivity index (χ2v) is 7.31. The topological polar surface area (TPSA) is 90.6 Å². The minimum atomic E-state index is -0.845. The molecule has 7 heteroatoms. The predicted octanol–water partition coefficient (Wildman–Crippen LogP) is 2.72. The highest BCUT2D eigenvalue weighted by Gasteiger charge is 2.32. The number of hydrogen-bond donors (Lipinski definition) is 1. The molecule has 0 spiro atoms. The summed E-state index contributed by atoms with van der Waals surface area (Å²) in [4.78, 5) is 23.1. The van der Waals surface area contributed by atoms with Gasteiger partial charge in [0.05, 0.1) is 12.6 Å². The quantitative estimate of drug-likeness (QED) is 0.870. The van der Waals surface area contributed by atoms with Crippen molar-refractivity contribution in [1.29, 1.82) is 0 Å². The van der Waals surface area contributed by atoms with E-state index in [1.807, 2.05) is 29.2 Å². The van der Waals surface area contributed by atoms with Crippen LogP contribution in [0.5, 0.6) is 17.4 Å². The van der Waals surface area contributed by atoms with E-state index in [4.69, 9.17) is 15.2 Å². The molecule has 0 unspecified atom stereocenters. The molecule has 1 aliphatic rings. The van der Waals surface area contributed by atoms with Gasteiger partial charge in [0.2, 0.25) is 11.8 Å². The van der Waals surface area contributed by atoms with Gasteiger partial charge < -0.3 is 20.1 Å². The molecule has 1 aromatic heterocycles. The van der Waals surface area contributed by atoms with E-state index >= 15 is 0 Å². The lowest BCUT2D eigenvalue weighted by molar-refractivity contribution is -0.136. The number of nitrogens with zero attached hydrogens (tertiary/aromatic N) is 3. The highest BCUT2D eigenvalue weighted by molar-refractivity contribution is 5.85. The number of methoxy groups -OCH3 is 1. The SMILES string of the molecule is COc1ccc(Oc2nccnc2C2CCN(C(=O)C(C)(C)N)CC2)cc1. The number of amides is 1. The molecule has 2 heterocycles. The highest BCUT2D eigenvalue weighted by Crippen LogP contribution is 2.34. The molecule has 0 aliphatic carbocycles. The number of likely N-dealkylation sites (tertiary alicyclic amines) is 1. The van der Waals surface area contributed by atoms with Crippen LogP contribution in [0.15, 0.2) is 36.7 Å². The zero-order valence-electron chi connectivity index (χ0n) is 16.0. The first-order valence-electron chi connectivity index (χ1n) is 9.09. The maximum atomic E-state index is 12.4. The van der Waals surface area contributed by atoms with Gasteiger partial charge in [0, 0.05) is 31.4 Å². The van der Waals surface area contributed by atoms with Gasteiger partial charge in [-0.3, -0.25) is 9.78 Å². The molecule has 1 fully saturated rings. The summed E-state index contributed by atoms with van der Waals surface area (Å²) in [5.41, 5.74) is 5.92. The molecule has 3 rings (SSSR count). The van der Waals surface area contributed by atoms with E-state index in [0.717, 1.165) is 24.3 Å².